The van der Waals surface area contributed by atoms with Gasteiger partial charge in [0.2, 0.25) is 0 Å². The van der Waals surface area contributed by atoms with Crippen LogP contribution in [0.3, 0.4) is 0 Å². The van der Waals surface area contributed by atoms with E-state index in [2.05, 4.69) is 39.5 Å². The molecule has 0 bridgehead atoms. The summed E-state index contributed by atoms with van der Waals surface area (Å²) in [7, 11) is 1.78. The molecule has 1 atom stereocenters. The van der Waals surface area contributed by atoms with E-state index in [0.717, 1.165) is 26.2 Å². The van der Waals surface area contributed by atoms with Gasteiger partial charge in [-0.1, -0.05) is 34.6 Å². The van der Waals surface area contributed by atoms with Crippen LogP contribution in [0.2, 0.25) is 0 Å². The molecular weight excluding hydrogens is 236 g/mol. The Morgan fingerprint density at radius 3 is 2.11 bits per heavy atom. The van der Waals surface area contributed by atoms with Crippen molar-refractivity contribution in [1.29, 1.82) is 0 Å². The van der Waals surface area contributed by atoms with Crippen LogP contribution >= 0.6 is 0 Å². The predicted molar refractivity (Wildman–Crippen MR) is 84.4 cm³/mol. The highest BCUT2D eigenvalue weighted by atomic mass is 16.5. The van der Waals surface area contributed by atoms with Crippen LogP contribution in [-0.4, -0.2) is 44.3 Å². The number of hydrogen-bond donors (Lipinski definition) is 1. The minimum Gasteiger partial charge on any atom is -0.383 e. The van der Waals surface area contributed by atoms with Gasteiger partial charge in [-0.05, 0) is 37.1 Å². The Bertz CT molecular complexity index is 209. The smallest absolute Gasteiger partial charge is 0.0589 e. The van der Waals surface area contributed by atoms with E-state index in [4.69, 9.17) is 10.5 Å². The summed E-state index contributed by atoms with van der Waals surface area (Å²) < 4.78 is 5.25. The van der Waals surface area contributed by atoms with Crippen molar-refractivity contribution in [3.8, 4) is 0 Å². The number of methoxy groups -OCH3 is 1. The third-order valence-corrected chi connectivity index (χ3v) is 3.77. The zero-order chi connectivity index (χ0) is 14.9. The van der Waals surface area contributed by atoms with Gasteiger partial charge in [-0.15, -0.1) is 0 Å². The molecule has 2 N–H and O–H groups in total. The Hall–Kier alpha value is -0.120. The van der Waals surface area contributed by atoms with E-state index in [-0.39, 0.29) is 0 Å². The van der Waals surface area contributed by atoms with Gasteiger partial charge in [-0.3, -0.25) is 4.90 Å². The average molecular weight is 272 g/mol. The molecule has 0 heterocycles. The van der Waals surface area contributed by atoms with Crippen molar-refractivity contribution >= 4 is 0 Å². The number of hydrogen-bond acceptors (Lipinski definition) is 3. The van der Waals surface area contributed by atoms with Crippen molar-refractivity contribution < 1.29 is 4.74 Å². The first-order valence-electron chi connectivity index (χ1n) is 7.80. The Balaban J connectivity index is 4.56. The fourth-order valence-electron chi connectivity index (χ4n) is 2.86. The molecule has 0 radical (unpaired) electrons. The lowest BCUT2D eigenvalue weighted by Crippen LogP contribution is -2.42. The van der Waals surface area contributed by atoms with E-state index < -0.39 is 0 Å². The van der Waals surface area contributed by atoms with Crippen LogP contribution in [0.5, 0.6) is 0 Å². The first-order valence-corrected chi connectivity index (χ1v) is 7.80. The lowest BCUT2D eigenvalue weighted by molar-refractivity contribution is 0.0943. The highest BCUT2D eigenvalue weighted by molar-refractivity contribution is 4.77. The maximum atomic E-state index is 5.98. The minimum atomic E-state index is 0.352. The Morgan fingerprint density at radius 2 is 1.74 bits per heavy atom. The molecule has 0 aliphatic carbocycles. The van der Waals surface area contributed by atoms with Gasteiger partial charge in [-0.25, -0.2) is 0 Å². The molecule has 1 unspecified atom stereocenters. The lowest BCUT2D eigenvalue weighted by Gasteiger charge is -2.35. The van der Waals surface area contributed by atoms with Gasteiger partial charge in [-0.2, -0.15) is 0 Å². The molecule has 3 nitrogen and oxygen atoms in total. The van der Waals surface area contributed by atoms with Crippen molar-refractivity contribution in [2.75, 3.05) is 33.4 Å². The number of nitrogens with zero attached hydrogens (tertiary/aromatic N) is 1. The molecular formula is C16H36N2O. The van der Waals surface area contributed by atoms with Gasteiger partial charge in [0.05, 0.1) is 6.61 Å². The quantitative estimate of drug-likeness (QED) is 0.664. The monoisotopic (exact) mass is 272 g/mol. The van der Waals surface area contributed by atoms with Gasteiger partial charge in [0, 0.05) is 26.2 Å². The van der Waals surface area contributed by atoms with Crippen LogP contribution < -0.4 is 5.73 Å². The lowest BCUT2D eigenvalue weighted by atomic mass is 9.84. The maximum absolute atomic E-state index is 5.98. The zero-order valence-electron chi connectivity index (χ0n) is 14.0. The first-order chi connectivity index (χ1) is 8.87. The summed E-state index contributed by atoms with van der Waals surface area (Å²) in [6.45, 7) is 15.1. The molecule has 0 spiro atoms. The summed E-state index contributed by atoms with van der Waals surface area (Å²) in [5.41, 5.74) is 6.33. The second kappa shape index (κ2) is 9.73. The summed E-state index contributed by atoms with van der Waals surface area (Å²) in [6.07, 6.45) is 3.59. The van der Waals surface area contributed by atoms with Gasteiger partial charge in [0.15, 0.2) is 0 Å². The predicted octanol–water partition coefficient (Wildman–Crippen LogP) is 3.13. The van der Waals surface area contributed by atoms with Crippen molar-refractivity contribution in [2.24, 2.45) is 17.1 Å². The molecule has 0 aromatic carbocycles. The fraction of sp³-hybridized carbons (Fsp3) is 1.00. The van der Waals surface area contributed by atoms with Crippen LogP contribution in [0.1, 0.15) is 53.9 Å². The average Bonchev–Trinajstić information content (AvgIpc) is 2.34. The van der Waals surface area contributed by atoms with E-state index in [1.165, 1.54) is 19.3 Å². The number of rotatable bonds is 10. The largest absolute Gasteiger partial charge is 0.383 e. The van der Waals surface area contributed by atoms with Gasteiger partial charge < -0.3 is 10.5 Å². The summed E-state index contributed by atoms with van der Waals surface area (Å²) in [6, 6.07) is 0.657. The van der Waals surface area contributed by atoms with Crippen molar-refractivity contribution in [1.82, 2.24) is 4.90 Å². The topological polar surface area (TPSA) is 38.5 Å². The molecule has 0 saturated heterocycles. The summed E-state index contributed by atoms with van der Waals surface area (Å²) in [5, 5.41) is 0. The van der Waals surface area contributed by atoms with Gasteiger partial charge in [0.25, 0.3) is 0 Å². The van der Waals surface area contributed by atoms with E-state index in [9.17, 15) is 0 Å². The first kappa shape index (κ1) is 18.9. The maximum Gasteiger partial charge on any atom is 0.0589 e. The Kier molecular flexibility index (Phi) is 9.67. The SMILES string of the molecule is CCC(CC)N(CCOC)CC(CN)CC(C)(C)C. The molecule has 0 saturated carbocycles. The van der Waals surface area contributed by atoms with E-state index in [1.807, 2.05) is 0 Å². The molecule has 116 valence electrons. The molecule has 3 heteroatoms. The van der Waals surface area contributed by atoms with Crippen LogP contribution in [0.4, 0.5) is 0 Å². The molecule has 0 amide bonds. The molecule has 0 aliphatic rings. The van der Waals surface area contributed by atoms with Crippen LogP contribution in [0.15, 0.2) is 0 Å². The highest BCUT2D eigenvalue weighted by Gasteiger charge is 2.23. The molecule has 0 aliphatic heterocycles. The van der Waals surface area contributed by atoms with Gasteiger partial charge in [0.1, 0.15) is 0 Å². The van der Waals surface area contributed by atoms with Crippen LogP contribution in [0.25, 0.3) is 0 Å². The van der Waals surface area contributed by atoms with Gasteiger partial charge >= 0.3 is 0 Å². The standard InChI is InChI=1S/C16H36N2O/c1-7-15(8-2)18(9-10-19-6)13-14(12-17)11-16(3,4)5/h14-15H,7-13,17H2,1-6H3. The molecule has 0 aromatic heterocycles. The molecule has 0 aromatic rings. The summed E-state index contributed by atoms with van der Waals surface area (Å²) >= 11 is 0. The van der Waals surface area contributed by atoms with Crippen molar-refractivity contribution in [3.05, 3.63) is 0 Å². The van der Waals surface area contributed by atoms with Crippen LogP contribution in [0, 0.1) is 11.3 Å². The second-order valence-electron chi connectivity index (χ2n) is 6.82. The zero-order valence-corrected chi connectivity index (χ0v) is 14.0. The number of ether oxygens (including phenoxy) is 1. The molecule has 0 fully saturated rings. The summed E-state index contributed by atoms with van der Waals surface area (Å²) in [5.74, 6) is 0.581. The van der Waals surface area contributed by atoms with E-state index in [1.54, 1.807) is 7.11 Å². The summed E-state index contributed by atoms with van der Waals surface area (Å²) in [4.78, 5) is 2.58. The van der Waals surface area contributed by atoms with E-state index in [0.29, 0.717) is 17.4 Å². The fourth-order valence-corrected chi connectivity index (χ4v) is 2.86. The highest BCUT2D eigenvalue weighted by Crippen LogP contribution is 2.25. The Labute approximate surface area is 120 Å². The third kappa shape index (κ3) is 8.61. The third-order valence-electron chi connectivity index (χ3n) is 3.77. The minimum absolute atomic E-state index is 0.352. The van der Waals surface area contributed by atoms with Crippen molar-refractivity contribution in [3.63, 3.8) is 0 Å². The normalized spacial score (nSPS) is 14.4. The Morgan fingerprint density at radius 1 is 1.16 bits per heavy atom. The molecule has 0 rings (SSSR count). The number of nitrogens with two attached hydrogens (primary N) is 1. The van der Waals surface area contributed by atoms with Crippen molar-refractivity contribution in [2.45, 2.75) is 59.9 Å². The van der Waals surface area contributed by atoms with E-state index >= 15 is 0 Å². The molecule has 19 heavy (non-hydrogen) atoms. The van der Waals surface area contributed by atoms with Crippen LogP contribution in [-0.2, 0) is 4.74 Å². The second-order valence-corrected chi connectivity index (χ2v) is 6.82.